The zero-order chi connectivity index (χ0) is 15.3. The number of hydrogen-bond donors (Lipinski definition) is 2. The number of fused-ring (bicyclic) bond motifs is 2. The van der Waals surface area contributed by atoms with E-state index in [4.69, 9.17) is 10.5 Å². The number of anilines is 1. The smallest absolute Gasteiger partial charge is 0.139 e. The molecule has 0 saturated heterocycles. The van der Waals surface area contributed by atoms with Crippen LogP contribution in [0.2, 0.25) is 0 Å². The highest BCUT2D eigenvalue weighted by molar-refractivity contribution is 6.00. The molecule has 0 aliphatic heterocycles. The van der Waals surface area contributed by atoms with Gasteiger partial charge in [-0.2, -0.15) is 0 Å². The Balaban J connectivity index is 2.01. The van der Waals surface area contributed by atoms with Crippen LogP contribution in [0.1, 0.15) is 0 Å². The summed E-state index contributed by atoms with van der Waals surface area (Å²) in [6.45, 7) is 0. The van der Waals surface area contributed by atoms with Crippen molar-refractivity contribution in [3.05, 3.63) is 42.7 Å². The first-order chi connectivity index (χ1) is 10.7. The maximum Gasteiger partial charge on any atom is 0.139 e. The lowest BCUT2D eigenvalue weighted by atomic mass is 10.1. The molecule has 0 atom stereocenters. The van der Waals surface area contributed by atoms with Crippen LogP contribution in [-0.4, -0.2) is 21.6 Å². The van der Waals surface area contributed by atoms with Gasteiger partial charge in [0.1, 0.15) is 11.4 Å². The number of rotatable bonds is 2. The molecule has 3 aromatic heterocycles. The van der Waals surface area contributed by atoms with E-state index in [-0.39, 0.29) is 0 Å². The number of aromatic nitrogens is 3. The Morgan fingerprint density at radius 3 is 2.82 bits per heavy atom. The first kappa shape index (κ1) is 12.8. The van der Waals surface area contributed by atoms with Crippen LogP contribution in [0.4, 0.5) is 5.69 Å². The lowest BCUT2D eigenvalue weighted by molar-refractivity contribution is 0.415. The number of pyridine rings is 1. The Labute approximate surface area is 127 Å². The molecule has 0 bridgehead atoms. The molecule has 0 saturated carbocycles. The summed E-state index contributed by atoms with van der Waals surface area (Å²) in [4.78, 5) is 7.69. The van der Waals surface area contributed by atoms with Crippen molar-refractivity contribution >= 4 is 27.6 Å². The van der Waals surface area contributed by atoms with Gasteiger partial charge < -0.3 is 20.0 Å². The molecule has 110 valence electrons. The topological polar surface area (TPSA) is 68.9 Å². The fraction of sp³-hybridized carbons (Fsp3) is 0.118. The van der Waals surface area contributed by atoms with Crippen LogP contribution in [-0.2, 0) is 7.05 Å². The van der Waals surface area contributed by atoms with Gasteiger partial charge in [0.25, 0.3) is 0 Å². The van der Waals surface area contributed by atoms with Crippen molar-refractivity contribution in [2.75, 3.05) is 12.8 Å². The van der Waals surface area contributed by atoms with Crippen molar-refractivity contribution < 1.29 is 4.74 Å². The second kappa shape index (κ2) is 4.53. The van der Waals surface area contributed by atoms with E-state index in [0.717, 1.165) is 44.6 Å². The first-order valence-corrected chi connectivity index (χ1v) is 7.04. The van der Waals surface area contributed by atoms with Gasteiger partial charge in [0.2, 0.25) is 0 Å². The van der Waals surface area contributed by atoms with Crippen LogP contribution >= 0.6 is 0 Å². The van der Waals surface area contributed by atoms with Crippen molar-refractivity contribution in [2.45, 2.75) is 0 Å². The molecule has 5 heteroatoms. The molecular formula is C17H16N4O. The largest absolute Gasteiger partial charge is 0.497 e. The van der Waals surface area contributed by atoms with Gasteiger partial charge in [-0.15, -0.1) is 0 Å². The number of H-pyrrole nitrogens is 1. The number of nitrogens with zero attached hydrogens (tertiary/aromatic N) is 2. The fourth-order valence-corrected chi connectivity index (χ4v) is 2.91. The van der Waals surface area contributed by atoms with Gasteiger partial charge in [-0.3, -0.25) is 0 Å². The zero-order valence-electron chi connectivity index (χ0n) is 12.4. The summed E-state index contributed by atoms with van der Waals surface area (Å²) in [6.07, 6.45) is 3.81. The zero-order valence-corrected chi connectivity index (χ0v) is 12.4. The third-order valence-electron chi connectivity index (χ3n) is 4.05. The van der Waals surface area contributed by atoms with Crippen molar-refractivity contribution in [2.24, 2.45) is 7.05 Å². The SMILES string of the molecule is COc1ccc2c(c1)c(-c1cc3c(N)ccnc3[nH]1)cn2C. The third kappa shape index (κ3) is 1.75. The first-order valence-electron chi connectivity index (χ1n) is 7.04. The van der Waals surface area contributed by atoms with Crippen LogP contribution in [0.25, 0.3) is 33.2 Å². The molecule has 0 aliphatic carbocycles. The summed E-state index contributed by atoms with van der Waals surface area (Å²) in [5.41, 5.74) is 10.8. The third-order valence-corrected chi connectivity index (χ3v) is 4.05. The Kier molecular flexibility index (Phi) is 2.63. The lowest BCUT2D eigenvalue weighted by Crippen LogP contribution is -1.85. The van der Waals surface area contributed by atoms with Crippen LogP contribution in [0.15, 0.2) is 42.7 Å². The minimum atomic E-state index is 0.727. The van der Waals surface area contributed by atoms with Crippen LogP contribution in [0, 0.1) is 0 Å². The van der Waals surface area contributed by atoms with Crippen LogP contribution in [0.5, 0.6) is 5.75 Å². The highest BCUT2D eigenvalue weighted by Crippen LogP contribution is 2.34. The average Bonchev–Trinajstić information content (AvgIpc) is 3.09. The summed E-state index contributed by atoms with van der Waals surface area (Å²) < 4.78 is 7.45. The number of benzene rings is 1. The Morgan fingerprint density at radius 1 is 1.18 bits per heavy atom. The van der Waals surface area contributed by atoms with Gasteiger partial charge in [0, 0.05) is 52.7 Å². The molecule has 22 heavy (non-hydrogen) atoms. The molecular weight excluding hydrogens is 276 g/mol. The highest BCUT2D eigenvalue weighted by atomic mass is 16.5. The van der Waals surface area contributed by atoms with E-state index in [2.05, 4.69) is 26.8 Å². The Hall–Kier alpha value is -2.95. The van der Waals surface area contributed by atoms with E-state index in [1.165, 1.54) is 0 Å². The van der Waals surface area contributed by atoms with E-state index in [0.29, 0.717) is 0 Å². The predicted molar refractivity (Wildman–Crippen MR) is 89.0 cm³/mol. The molecule has 3 heterocycles. The Morgan fingerprint density at radius 2 is 2.05 bits per heavy atom. The molecule has 4 rings (SSSR count). The van der Waals surface area contributed by atoms with E-state index in [9.17, 15) is 0 Å². The molecule has 0 radical (unpaired) electrons. The van der Waals surface area contributed by atoms with Crippen molar-refractivity contribution in [3.8, 4) is 17.0 Å². The lowest BCUT2D eigenvalue weighted by Gasteiger charge is -2.01. The number of ether oxygens (including phenoxy) is 1. The second-order valence-corrected chi connectivity index (χ2v) is 5.38. The molecule has 3 N–H and O–H groups in total. The van der Waals surface area contributed by atoms with Gasteiger partial charge >= 0.3 is 0 Å². The molecule has 5 nitrogen and oxygen atoms in total. The Bertz CT molecular complexity index is 997. The summed E-state index contributed by atoms with van der Waals surface area (Å²) in [5.74, 6) is 0.841. The van der Waals surface area contributed by atoms with E-state index in [1.54, 1.807) is 13.3 Å². The minimum Gasteiger partial charge on any atom is -0.497 e. The molecule has 4 aromatic rings. The molecule has 1 aromatic carbocycles. The monoisotopic (exact) mass is 292 g/mol. The maximum absolute atomic E-state index is 6.03. The standard InChI is InChI=1S/C17H16N4O/c1-21-9-13(11-7-10(22-2)3-4-16(11)21)15-8-12-14(18)5-6-19-17(12)20-15/h3-9H,1-2H3,(H3,18,19,20). The summed E-state index contributed by atoms with van der Waals surface area (Å²) in [6, 6.07) is 9.94. The molecule has 0 unspecified atom stereocenters. The van der Waals surface area contributed by atoms with E-state index >= 15 is 0 Å². The highest BCUT2D eigenvalue weighted by Gasteiger charge is 2.13. The van der Waals surface area contributed by atoms with Gasteiger partial charge in [-0.25, -0.2) is 4.98 Å². The average molecular weight is 292 g/mol. The van der Waals surface area contributed by atoms with Gasteiger partial charge in [0.05, 0.1) is 7.11 Å². The van der Waals surface area contributed by atoms with Crippen molar-refractivity contribution in [1.82, 2.24) is 14.5 Å². The van der Waals surface area contributed by atoms with Crippen molar-refractivity contribution in [1.29, 1.82) is 0 Å². The van der Waals surface area contributed by atoms with Crippen LogP contribution < -0.4 is 10.5 Å². The number of methoxy groups -OCH3 is 1. The second-order valence-electron chi connectivity index (χ2n) is 5.38. The molecule has 0 spiro atoms. The fourth-order valence-electron chi connectivity index (χ4n) is 2.91. The number of aromatic amines is 1. The number of nitrogens with one attached hydrogen (secondary N) is 1. The molecule has 0 amide bonds. The number of aryl methyl sites for hydroxylation is 1. The van der Waals surface area contributed by atoms with E-state index in [1.807, 2.05) is 31.3 Å². The number of nitrogens with two attached hydrogens (primary N) is 1. The minimum absolute atomic E-state index is 0.727. The summed E-state index contributed by atoms with van der Waals surface area (Å²) in [5, 5.41) is 2.07. The molecule has 0 fully saturated rings. The molecule has 0 aliphatic rings. The summed E-state index contributed by atoms with van der Waals surface area (Å²) >= 11 is 0. The van der Waals surface area contributed by atoms with Crippen LogP contribution in [0.3, 0.4) is 0 Å². The normalized spacial score (nSPS) is 11.4. The number of hydrogen-bond acceptors (Lipinski definition) is 3. The van der Waals surface area contributed by atoms with Crippen molar-refractivity contribution in [3.63, 3.8) is 0 Å². The van der Waals surface area contributed by atoms with Gasteiger partial charge in [-0.1, -0.05) is 0 Å². The van der Waals surface area contributed by atoms with Gasteiger partial charge in [0.15, 0.2) is 0 Å². The maximum atomic E-state index is 6.03. The predicted octanol–water partition coefficient (Wildman–Crippen LogP) is 3.31. The quantitative estimate of drug-likeness (QED) is 0.595. The van der Waals surface area contributed by atoms with E-state index < -0.39 is 0 Å². The van der Waals surface area contributed by atoms with Gasteiger partial charge in [-0.05, 0) is 30.3 Å². The number of nitrogen functional groups attached to an aromatic ring is 1. The summed E-state index contributed by atoms with van der Waals surface area (Å²) in [7, 11) is 3.71.